The second kappa shape index (κ2) is 3.61. The van der Waals surface area contributed by atoms with Crippen molar-refractivity contribution in [1.82, 2.24) is 0 Å². The molecule has 18 heavy (non-hydrogen) atoms. The van der Waals surface area contributed by atoms with Gasteiger partial charge in [-0.2, -0.15) is 0 Å². The van der Waals surface area contributed by atoms with Crippen molar-refractivity contribution < 1.29 is 19.0 Å². The van der Waals surface area contributed by atoms with E-state index in [1.54, 1.807) is 12.1 Å². The number of hydrogen-bond donors (Lipinski definition) is 2. The van der Waals surface area contributed by atoms with E-state index in [1.807, 2.05) is 0 Å². The molecule has 5 heteroatoms. The van der Waals surface area contributed by atoms with Crippen LogP contribution in [0, 0.1) is 5.82 Å². The molecule has 0 spiro atoms. The Labute approximate surface area is 102 Å². The number of nitrogen functional groups attached to an aromatic ring is 1. The lowest BCUT2D eigenvalue weighted by molar-refractivity contribution is -0.261. The molecule has 1 atom stereocenters. The first kappa shape index (κ1) is 10.9. The lowest BCUT2D eigenvalue weighted by atomic mass is 10.2. The highest BCUT2D eigenvalue weighted by atomic mass is 19.1. The number of rotatable bonds is 1. The first-order valence-corrected chi connectivity index (χ1v) is 5.33. The Balaban J connectivity index is 2.01. The van der Waals surface area contributed by atoms with E-state index in [9.17, 15) is 9.50 Å². The minimum atomic E-state index is -2.02. The highest BCUT2D eigenvalue weighted by Crippen LogP contribution is 2.43. The molecule has 0 aromatic heterocycles. The molecule has 3 N–H and O–H groups in total. The van der Waals surface area contributed by atoms with E-state index in [0.717, 1.165) is 6.07 Å². The van der Waals surface area contributed by atoms with Gasteiger partial charge in [0.2, 0.25) is 0 Å². The van der Waals surface area contributed by atoms with Crippen LogP contribution in [0.25, 0.3) is 0 Å². The predicted octanol–water partition coefficient (Wildman–Crippen LogP) is 1.98. The van der Waals surface area contributed by atoms with Crippen molar-refractivity contribution in [2.75, 3.05) is 5.73 Å². The molecular formula is C13H10FNO3. The Morgan fingerprint density at radius 3 is 2.61 bits per heavy atom. The summed E-state index contributed by atoms with van der Waals surface area (Å²) in [7, 11) is 0. The topological polar surface area (TPSA) is 64.7 Å². The maximum absolute atomic E-state index is 13.1. The van der Waals surface area contributed by atoms with Gasteiger partial charge in [-0.15, -0.1) is 0 Å². The minimum absolute atomic E-state index is 0.178. The highest BCUT2D eigenvalue weighted by molar-refractivity contribution is 5.54. The molecule has 0 saturated heterocycles. The summed E-state index contributed by atoms with van der Waals surface area (Å²) in [5.74, 6) is -1.82. The Hall–Kier alpha value is -2.27. The van der Waals surface area contributed by atoms with Crippen molar-refractivity contribution in [3.63, 3.8) is 0 Å². The van der Waals surface area contributed by atoms with Crippen LogP contribution < -0.4 is 15.2 Å². The smallest absolute Gasteiger partial charge is 0.399 e. The molecular weight excluding hydrogens is 237 g/mol. The lowest BCUT2D eigenvalue weighted by Crippen LogP contribution is -2.35. The van der Waals surface area contributed by atoms with Crippen molar-refractivity contribution in [3.8, 4) is 11.5 Å². The number of aliphatic hydroxyl groups is 1. The molecule has 0 radical (unpaired) electrons. The second-order valence-electron chi connectivity index (χ2n) is 4.00. The molecule has 0 aliphatic carbocycles. The van der Waals surface area contributed by atoms with Crippen LogP contribution in [-0.4, -0.2) is 5.11 Å². The van der Waals surface area contributed by atoms with E-state index >= 15 is 0 Å². The minimum Gasteiger partial charge on any atom is -0.422 e. The Morgan fingerprint density at radius 2 is 1.83 bits per heavy atom. The molecule has 2 aromatic rings. The summed E-state index contributed by atoms with van der Waals surface area (Å²) in [6.07, 6.45) is 0. The van der Waals surface area contributed by atoms with Crippen molar-refractivity contribution in [2.45, 2.75) is 5.97 Å². The number of halogens is 1. The van der Waals surface area contributed by atoms with Gasteiger partial charge < -0.3 is 20.3 Å². The van der Waals surface area contributed by atoms with Crippen LogP contribution in [-0.2, 0) is 5.97 Å². The molecule has 4 nitrogen and oxygen atoms in total. The van der Waals surface area contributed by atoms with Crippen LogP contribution in [0.1, 0.15) is 5.56 Å². The van der Waals surface area contributed by atoms with E-state index in [4.69, 9.17) is 15.2 Å². The van der Waals surface area contributed by atoms with Crippen LogP contribution >= 0.6 is 0 Å². The number of hydrogen-bond acceptors (Lipinski definition) is 4. The van der Waals surface area contributed by atoms with Gasteiger partial charge in [-0.05, 0) is 30.3 Å². The molecule has 1 unspecified atom stereocenters. The SMILES string of the molecule is Nc1ccc2c(c1)OC(O)(c1cccc(F)c1)O2. The maximum Gasteiger partial charge on any atom is 0.399 e. The summed E-state index contributed by atoms with van der Waals surface area (Å²) in [6.45, 7) is 0. The van der Waals surface area contributed by atoms with Gasteiger partial charge in [0.1, 0.15) is 5.82 Å². The fraction of sp³-hybridized carbons (Fsp3) is 0.0769. The van der Waals surface area contributed by atoms with E-state index in [0.29, 0.717) is 17.2 Å². The Kier molecular flexibility index (Phi) is 2.18. The zero-order valence-electron chi connectivity index (χ0n) is 9.26. The number of benzene rings is 2. The third-order valence-electron chi connectivity index (χ3n) is 2.65. The monoisotopic (exact) mass is 247 g/mol. The van der Waals surface area contributed by atoms with Crippen LogP contribution in [0.4, 0.5) is 10.1 Å². The highest BCUT2D eigenvalue weighted by Gasteiger charge is 2.42. The van der Waals surface area contributed by atoms with Gasteiger partial charge in [0.15, 0.2) is 11.5 Å². The second-order valence-corrected chi connectivity index (χ2v) is 4.00. The first-order valence-electron chi connectivity index (χ1n) is 5.33. The normalized spacial score (nSPS) is 21.0. The number of anilines is 1. The first-order chi connectivity index (χ1) is 8.57. The van der Waals surface area contributed by atoms with Crippen LogP contribution in [0.15, 0.2) is 42.5 Å². The third kappa shape index (κ3) is 1.65. The number of ether oxygens (including phenoxy) is 2. The molecule has 0 bridgehead atoms. The lowest BCUT2D eigenvalue weighted by Gasteiger charge is -2.20. The summed E-state index contributed by atoms with van der Waals surface area (Å²) in [5, 5.41) is 10.2. The molecule has 0 fully saturated rings. The van der Waals surface area contributed by atoms with E-state index in [-0.39, 0.29) is 5.56 Å². The fourth-order valence-electron chi connectivity index (χ4n) is 1.81. The average molecular weight is 247 g/mol. The number of nitrogens with two attached hydrogens (primary N) is 1. The zero-order chi connectivity index (χ0) is 12.8. The van der Waals surface area contributed by atoms with Crippen molar-refractivity contribution in [1.29, 1.82) is 0 Å². The molecule has 2 aromatic carbocycles. The molecule has 3 rings (SSSR count). The van der Waals surface area contributed by atoms with Gasteiger partial charge in [-0.25, -0.2) is 4.39 Å². The summed E-state index contributed by atoms with van der Waals surface area (Å²) >= 11 is 0. The fourth-order valence-corrected chi connectivity index (χ4v) is 1.81. The average Bonchev–Trinajstić information content (AvgIpc) is 2.66. The summed E-state index contributed by atoms with van der Waals surface area (Å²) in [4.78, 5) is 0. The van der Waals surface area contributed by atoms with Gasteiger partial charge in [0.25, 0.3) is 0 Å². The van der Waals surface area contributed by atoms with Crippen molar-refractivity contribution in [3.05, 3.63) is 53.8 Å². The molecule has 1 heterocycles. The van der Waals surface area contributed by atoms with E-state index in [2.05, 4.69) is 0 Å². The number of fused-ring (bicyclic) bond motifs is 1. The Morgan fingerprint density at radius 1 is 1.06 bits per heavy atom. The van der Waals surface area contributed by atoms with Gasteiger partial charge >= 0.3 is 5.97 Å². The third-order valence-corrected chi connectivity index (χ3v) is 2.65. The summed E-state index contributed by atoms with van der Waals surface area (Å²) in [5.41, 5.74) is 6.27. The van der Waals surface area contributed by atoms with Gasteiger partial charge in [0, 0.05) is 11.8 Å². The quantitative estimate of drug-likeness (QED) is 0.756. The largest absolute Gasteiger partial charge is 0.422 e. The molecule has 1 aliphatic rings. The van der Waals surface area contributed by atoms with Crippen molar-refractivity contribution in [2.24, 2.45) is 0 Å². The standard InChI is InChI=1S/C13H10FNO3/c14-9-3-1-2-8(6-9)13(16)17-11-5-4-10(15)7-12(11)18-13/h1-7,16H,15H2. The van der Waals surface area contributed by atoms with Crippen molar-refractivity contribution >= 4 is 5.69 Å². The molecule has 92 valence electrons. The predicted molar refractivity (Wildman–Crippen MR) is 62.4 cm³/mol. The maximum atomic E-state index is 13.1. The molecule has 0 amide bonds. The zero-order valence-corrected chi connectivity index (χ0v) is 9.26. The molecule has 0 saturated carbocycles. The van der Waals surface area contributed by atoms with Crippen LogP contribution in [0.3, 0.4) is 0 Å². The summed E-state index contributed by atoms with van der Waals surface area (Å²) < 4.78 is 23.7. The Bertz CT molecular complexity index is 617. The van der Waals surface area contributed by atoms with Crippen LogP contribution in [0.5, 0.6) is 11.5 Å². The molecule has 1 aliphatic heterocycles. The van der Waals surface area contributed by atoms with Crippen LogP contribution in [0.2, 0.25) is 0 Å². The van der Waals surface area contributed by atoms with Gasteiger partial charge in [0.05, 0.1) is 5.56 Å². The van der Waals surface area contributed by atoms with Gasteiger partial charge in [-0.3, -0.25) is 0 Å². The van der Waals surface area contributed by atoms with E-state index < -0.39 is 11.8 Å². The van der Waals surface area contributed by atoms with Gasteiger partial charge in [-0.1, -0.05) is 6.07 Å². The van der Waals surface area contributed by atoms with E-state index in [1.165, 1.54) is 24.3 Å². The summed E-state index contributed by atoms with van der Waals surface area (Å²) in [6, 6.07) is 10.1.